The Hall–Kier alpha value is 1.54. The van der Waals surface area contributed by atoms with Crippen molar-refractivity contribution in [2.75, 3.05) is 0 Å². The molecule has 0 aliphatic rings. The number of halogens is 8. The quantitative estimate of drug-likeness (QED) is 0.275. The second-order valence-corrected chi connectivity index (χ2v) is 6.08. The van der Waals surface area contributed by atoms with Gasteiger partial charge in [-0.3, -0.25) is 0 Å². The van der Waals surface area contributed by atoms with Crippen molar-refractivity contribution in [1.82, 2.24) is 0 Å². The maximum atomic E-state index is 5.55. The molecule has 2 aromatic carbocycles. The van der Waals surface area contributed by atoms with Crippen LogP contribution >= 0.6 is 92.8 Å². The molecule has 0 fully saturated rings. The van der Waals surface area contributed by atoms with Crippen LogP contribution in [0.1, 0.15) is 0 Å². The van der Waals surface area contributed by atoms with Gasteiger partial charge in [0.15, 0.2) is 0 Å². The van der Waals surface area contributed by atoms with Gasteiger partial charge in [0.2, 0.25) is 0 Å². The van der Waals surface area contributed by atoms with Crippen molar-refractivity contribution < 1.29 is 17.1 Å². The van der Waals surface area contributed by atoms with E-state index in [1.165, 1.54) is 12.1 Å². The molecule has 0 saturated heterocycles. The maximum absolute atomic E-state index is 5.55. The van der Waals surface area contributed by atoms with E-state index in [4.69, 9.17) is 92.8 Å². The van der Waals surface area contributed by atoms with Gasteiger partial charge in [0.05, 0.1) is 0 Å². The topological polar surface area (TPSA) is 0 Å². The van der Waals surface area contributed by atoms with Crippen LogP contribution in [-0.2, 0) is 17.1 Å². The third-order valence-electron chi connectivity index (χ3n) is 1.73. The van der Waals surface area contributed by atoms with Gasteiger partial charge in [-0.25, -0.2) is 0 Å². The molecule has 0 nitrogen and oxygen atoms in total. The van der Waals surface area contributed by atoms with Crippen LogP contribution in [0.4, 0.5) is 0 Å². The first-order chi connectivity index (χ1) is 8.25. The van der Waals surface area contributed by atoms with Gasteiger partial charge < -0.3 is 0 Å². The van der Waals surface area contributed by atoms with Crippen LogP contribution in [0.15, 0.2) is 12.1 Å². The van der Waals surface area contributed by atoms with Gasteiger partial charge in [0, 0.05) is 0 Å². The second kappa shape index (κ2) is 8.86. The van der Waals surface area contributed by atoms with E-state index in [9.17, 15) is 0 Å². The first-order valence-electron chi connectivity index (χ1n) is 4.17. The number of hydrogen-bond donors (Lipinski definition) is 0. The third-order valence-corrected chi connectivity index (χ3v) is 5.07. The Bertz CT molecular complexity index is 461. The molecule has 2 aromatic rings. The van der Waals surface area contributed by atoms with Crippen LogP contribution < -0.4 is 0 Å². The second-order valence-electron chi connectivity index (χ2n) is 2.94. The van der Waals surface area contributed by atoms with E-state index < -0.39 is 0 Å². The summed E-state index contributed by atoms with van der Waals surface area (Å²) < 4.78 is 0. The molecule has 9 heteroatoms. The molecule has 0 atom stereocenters. The molecule has 0 bridgehead atoms. The molecular weight excluding hydrogens is 460 g/mol. The monoisotopic (exact) mass is 458 g/mol. The summed E-state index contributed by atoms with van der Waals surface area (Å²) in [4.78, 5) is 0. The van der Waals surface area contributed by atoms with Gasteiger partial charge in [-0.2, -0.15) is 46.4 Å². The Labute approximate surface area is 160 Å². The molecule has 0 radical (unpaired) electrons. The molecule has 0 spiro atoms. The summed E-state index contributed by atoms with van der Waals surface area (Å²) in [5.41, 5.74) is 0. The van der Waals surface area contributed by atoms with Crippen LogP contribution in [0.3, 0.4) is 0 Å². The van der Waals surface area contributed by atoms with Gasteiger partial charge in [0.25, 0.3) is 0 Å². The SMILES string of the molecule is Clc1[cH-]c(Cl)c(Cl)c1Cl.Clc1[cH-]c(Cl)c(Cl)c1Cl.[Fe+2]. The van der Waals surface area contributed by atoms with Gasteiger partial charge in [-0.05, 0) is 0 Å². The predicted octanol–water partition coefficient (Wildman–Crippen LogP) is 8.04. The first kappa shape index (κ1) is 20.5. The van der Waals surface area contributed by atoms with Crippen molar-refractivity contribution in [2.45, 2.75) is 0 Å². The predicted molar refractivity (Wildman–Crippen MR) is 84.1 cm³/mol. The molecule has 0 aromatic heterocycles. The standard InChI is InChI=1S/2C5HCl4.Fe/c2*6-2-1-3(7)5(9)4(2)8;/h2*1H;/q2*-1;+2. The van der Waals surface area contributed by atoms with Crippen molar-refractivity contribution >= 4 is 92.8 Å². The zero-order chi connectivity index (χ0) is 14.0. The van der Waals surface area contributed by atoms with Gasteiger partial charge in [-0.1, -0.05) is 40.2 Å². The van der Waals surface area contributed by atoms with E-state index in [0.29, 0.717) is 40.2 Å². The van der Waals surface area contributed by atoms with Crippen LogP contribution in [0.25, 0.3) is 0 Å². The van der Waals surface area contributed by atoms with Crippen molar-refractivity contribution in [3.05, 3.63) is 52.3 Å². The molecule has 0 aliphatic carbocycles. The zero-order valence-electron chi connectivity index (χ0n) is 8.53. The molecule has 0 N–H and O–H groups in total. The fourth-order valence-corrected chi connectivity index (χ4v) is 2.64. The Kier molecular flexibility index (Phi) is 9.57. The average Bonchev–Trinajstić information content (AvgIpc) is 2.66. The van der Waals surface area contributed by atoms with Crippen molar-refractivity contribution in [2.24, 2.45) is 0 Å². The van der Waals surface area contributed by atoms with Gasteiger partial charge in [-0.15, -0.1) is 58.5 Å². The van der Waals surface area contributed by atoms with Crippen molar-refractivity contribution in [3.8, 4) is 0 Å². The van der Waals surface area contributed by atoms with E-state index in [1.807, 2.05) is 0 Å². The van der Waals surface area contributed by atoms with Crippen LogP contribution in [-0.4, -0.2) is 0 Å². The van der Waals surface area contributed by atoms with E-state index in [2.05, 4.69) is 0 Å². The Morgan fingerprint density at radius 1 is 0.421 bits per heavy atom. The summed E-state index contributed by atoms with van der Waals surface area (Å²) >= 11 is 44.3. The van der Waals surface area contributed by atoms with Crippen LogP contribution in [0.5, 0.6) is 0 Å². The summed E-state index contributed by atoms with van der Waals surface area (Å²) in [5, 5.41) is 2.87. The van der Waals surface area contributed by atoms with Crippen LogP contribution in [0, 0.1) is 0 Å². The van der Waals surface area contributed by atoms with E-state index in [-0.39, 0.29) is 17.1 Å². The molecular formula is C10H2Cl8Fe. The van der Waals surface area contributed by atoms with Crippen LogP contribution in [0.2, 0.25) is 40.2 Å². The molecule has 2 rings (SSSR count). The fourth-order valence-electron chi connectivity index (χ4n) is 0.895. The zero-order valence-corrected chi connectivity index (χ0v) is 15.7. The summed E-state index contributed by atoms with van der Waals surface area (Å²) in [7, 11) is 0. The number of hydrogen-bond acceptors (Lipinski definition) is 0. The van der Waals surface area contributed by atoms with Gasteiger partial charge in [0.1, 0.15) is 0 Å². The molecule has 19 heavy (non-hydrogen) atoms. The Morgan fingerprint density at radius 3 is 0.632 bits per heavy atom. The smallest absolute Gasteiger partial charge is 0.177 e. The Balaban J connectivity index is 0.000000324. The summed E-state index contributed by atoms with van der Waals surface area (Å²) in [6, 6.07) is 3.02. The molecule has 0 amide bonds. The van der Waals surface area contributed by atoms with E-state index >= 15 is 0 Å². The molecule has 0 aliphatic heterocycles. The molecule has 0 heterocycles. The minimum atomic E-state index is 0. The largest absolute Gasteiger partial charge is 2.00 e. The summed E-state index contributed by atoms with van der Waals surface area (Å²) in [6.07, 6.45) is 0. The Morgan fingerprint density at radius 2 is 0.579 bits per heavy atom. The van der Waals surface area contributed by atoms with Crippen molar-refractivity contribution in [3.63, 3.8) is 0 Å². The molecule has 0 unspecified atom stereocenters. The van der Waals surface area contributed by atoms with E-state index in [1.54, 1.807) is 0 Å². The molecule has 0 saturated carbocycles. The molecule has 106 valence electrons. The fraction of sp³-hybridized carbons (Fsp3) is 0. The minimum Gasteiger partial charge on any atom is -0.177 e. The normalized spacial score (nSPS) is 9.68. The van der Waals surface area contributed by atoms with Crippen molar-refractivity contribution in [1.29, 1.82) is 0 Å². The summed E-state index contributed by atoms with van der Waals surface area (Å²) in [6.45, 7) is 0. The van der Waals surface area contributed by atoms with E-state index in [0.717, 1.165) is 0 Å². The minimum absolute atomic E-state index is 0. The summed E-state index contributed by atoms with van der Waals surface area (Å²) in [5.74, 6) is 0. The third kappa shape index (κ3) is 5.34. The average molecular weight is 462 g/mol. The van der Waals surface area contributed by atoms with Gasteiger partial charge >= 0.3 is 17.1 Å². The number of rotatable bonds is 0. The maximum Gasteiger partial charge on any atom is 2.00 e. The first-order valence-corrected chi connectivity index (χ1v) is 7.19.